The van der Waals surface area contributed by atoms with Crippen molar-refractivity contribution in [3.05, 3.63) is 59.2 Å². The van der Waals surface area contributed by atoms with Gasteiger partial charge in [0.05, 0.1) is 11.6 Å². The monoisotopic (exact) mass is 251 g/mol. The first-order valence-electron chi connectivity index (χ1n) is 6.23. The Kier molecular flexibility index (Phi) is 3.72. The van der Waals surface area contributed by atoms with Crippen molar-refractivity contribution in [1.29, 1.82) is 5.26 Å². The summed E-state index contributed by atoms with van der Waals surface area (Å²) in [5, 5.41) is 12.3. The number of anilines is 2. The van der Waals surface area contributed by atoms with Crippen LogP contribution in [-0.4, -0.2) is 0 Å². The van der Waals surface area contributed by atoms with E-state index < -0.39 is 0 Å². The van der Waals surface area contributed by atoms with Crippen LogP contribution in [0.1, 0.15) is 29.7 Å². The van der Waals surface area contributed by atoms with Crippen molar-refractivity contribution in [2.45, 2.75) is 19.9 Å². The van der Waals surface area contributed by atoms with E-state index >= 15 is 0 Å². The Morgan fingerprint density at radius 2 is 2.00 bits per heavy atom. The Bertz CT molecular complexity index is 626. The van der Waals surface area contributed by atoms with Crippen molar-refractivity contribution in [3.8, 4) is 6.07 Å². The van der Waals surface area contributed by atoms with Gasteiger partial charge in [-0.2, -0.15) is 5.26 Å². The fourth-order valence-electron chi connectivity index (χ4n) is 2.04. The maximum atomic E-state index is 8.92. The van der Waals surface area contributed by atoms with Crippen LogP contribution >= 0.6 is 0 Å². The average Bonchev–Trinajstić information content (AvgIpc) is 2.39. The van der Waals surface area contributed by atoms with Crippen LogP contribution in [0.2, 0.25) is 0 Å². The molecule has 0 spiro atoms. The van der Waals surface area contributed by atoms with Gasteiger partial charge >= 0.3 is 0 Å². The number of nitriles is 1. The highest BCUT2D eigenvalue weighted by Gasteiger charge is 2.06. The third-order valence-electron chi connectivity index (χ3n) is 3.14. The number of hydrogen-bond acceptors (Lipinski definition) is 3. The highest BCUT2D eigenvalue weighted by atomic mass is 14.9. The molecule has 1 unspecified atom stereocenters. The van der Waals surface area contributed by atoms with E-state index in [9.17, 15) is 0 Å². The van der Waals surface area contributed by atoms with Crippen LogP contribution in [0.5, 0.6) is 0 Å². The summed E-state index contributed by atoms with van der Waals surface area (Å²) in [7, 11) is 0. The lowest BCUT2D eigenvalue weighted by atomic mass is 10.1. The molecular weight excluding hydrogens is 234 g/mol. The van der Waals surface area contributed by atoms with E-state index in [-0.39, 0.29) is 6.04 Å². The van der Waals surface area contributed by atoms with Crippen molar-refractivity contribution in [1.82, 2.24) is 0 Å². The van der Waals surface area contributed by atoms with E-state index in [1.165, 1.54) is 0 Å². The fraction of sp³-hybridized carbons (Fsp3) is 0.188. The molecule has 2 rings (SSSR count). The first kappa shape index (κ1) is 13.0. The average molecular weight is 251 g/mol. The summed E-state index contributed by atoms with van der Waals surface area (Å²) in [6.07, 6.45) is 0. The van der Waals surface area contributed by atoms with Crippen LogP contribution in [0.15, 0.2) is 42.5 Å². The molecular formula is C16H17N3. The maximum absolute atomic E-state index is 8.92. The van der Waals surface area contributed by atoms with Crippen molar-refractivity contribution in [2.24, 2.45) is 0 Å². The zero-order chi connectivity index (χ0) is 13.8. The number of nitrogens with two attached hydrogens (primary N) is 1. The molecule has 0 amide bonds. The van der Waals surface area contributed by atoms with E-state index in [1.807, 2.05) is 49.4 Å². The summed E-state index contributed by atoms with van der Waals surface area (Å²) in [5.74, 6) is 0. The number of nitrogens with one attached hydrogen (secondary N) is 1. The third kappa shape index (κ3) is 3.05. The molecule has 96 valence electrons. The lowest BCUT2D eigenvalue weighted by molar-refractivity contribution is 0.885. The standard InChI is InChI=1S/C16H17N3/c1-11-8-16(7-6-14(11)10-17)19-12(2)13-4-3-5-15(18)9-13/h3-9,12,19H,18H2,1-2H3. The van der Waals surface area contributed by atoms with Crippen LogP contribution in [0, 0.1) is 18.3 Å². The number of hydrogen-bond donors (Lipinski definition) is 2. The SMILES string of the molecule is Cc1cc(NC(C)c2cccc(N)c2)ccc1C#N. The molecule has 19 heavy (non-hydrogen) atoms. The van der Waals surface area contributed by atoms with Crippen LogP contribution in [0.4, 0.5) is 11.4 Å². The summed E-state index contributed by atoms with van der Waals surface area (Å²) in [4.78, 5) is 0. The molecule has 0 bridgehead atoms. The van der Waals surface area contributed by atoms with Gasteiger partial charge < -0.3 is 11.1 Å². The lowest BCUT2D eigenvalue weighted by Crippen LogP contribution is -2.07. The largest absolute Gasteiger partial charge is 0.399 e. The second-order valence-electron chi connectivity index (χ2n) is 4.68. The Morgan fingerprint density at radius 1 is 1.21 bits per heavy atom. The zero-order valence-corrected chi connectivity index (χ0v) is 11.1. The van der Waals surface area contributed by atoms with Gasteiger partial charge in [-0.05, 0) is 55.3 Å². The van der Waals surface area contributed by atoms with E-state index in [0.29, 0.717) is 5.56 Å². The van der Waals surface area contributed by atoms with Gasteiger partial charge in [0.15, 0.2) is 0 Å². The molecule has 3 N–H and O–H groups in total. The number of aryl methyl sites for hydroxylation is 1. The summed E-state index contributed by atoms with van der Waals surface area (Å²) >= 11 is 0. The molecule has 0 saturated heterocycles. The smallest absolute Gasteiger partial charge is 0.0994 e. The van der Waals surface area contributed by atoms with Crippen molar-refractivity contribution < 1.29 is 0 Å². The zero-order valence-electron chi connectivity index (χ0n) is 11.1. The first-order chi connectivity index (χ1) is 9.10. The van der Waals surface area contributed by atoms with Crippen molar-refractivity contribution in [2.75, 3.05) is 11.1 Å². The normalized spacial score (nSPS) is 11.6. The molecule has 0 aliphatic rings. The summed E-state index contributed by atoms with van der Waals surface area (Å²) in [5.41, 5.74) is 10.4. The topological polar surface area (TPSA) is 61.8 Å². The Labute approximate surface area is 113 Å². The molecule has 3 nitrogen and oxygen atoms in total. The molecule has 0 heterocycles. The van der Waals surface area contributed by atoms with E-state index in [1.54, 1.807) is 0 Å². The van der Waals surface area contributed by atoms with E-state index in [0.717, 1.165) is 22.5 Å². The first-order valence-corrected chi connectivity index (χ1v) is 6.23. The fourth-order valence-corrected chi connectivity index (χ4v) is 2.04. The highest BCUT2D eigenvalue weighted by molar-refractivity contribution is 5.53. The minimum atomic E-state index is 0.163. The van der Waals surface area contributed by atoms with Gasteiger partial charge in [0.1, 0.15) is 0 Å². The summed E-state index contributed by atoms with van der Waals surface area (Å²) in [6, 6.07) is 15.9. The molecule has 0 aliphatic carbocycles. The van der Waals surface area contributed by atoms with Gasteiger partial charge in [-0.3, -0.25) is 0 Å². The Balaban J connectivity index is 2.17. The van der Waals surface area contributed by atoms with Crippen molar-refractivity contribution >= 4 is 11.4 Å². The quantitative estimate of drug-likeness (QED) is 0.819. The molecule has 2 aromatic rings. The molecule has 0 aliphatic heterocycles. The number of nitrogens with zero attached hydrogens (tertiary/aromatic N) is 1. The Morgan fingerprint density at radius 3 is 2.63 bits per heavy atom. The number of nitrogen functional groups attached to an aromatic ring is 1. The molecule has 2 aromatic carbocycles. The van der Waals surface area contributed by atoms with Gasteiger partial charge in [-0.1, -0.05) is 12.1 Å². The predicted octanol–water partition coefficient (Wildman–Crippen LogP) is 3.62. The molecule has 0 aromatic heterocycles. The second-order valence-corrected chi connectivity index (χ2v) is 4.68. The van der Waals surface area contributed by atoms with Gasteiger partial charge in [-0.25, -0.2) is 0 Å². The minimum Gasteiger partial charge on any atom is -0.399 e. The minimum absolute atomic E-state index is 0.163. The van der Waals surface area contributed by atoms with Crippen molar-refractivity contribution in [3.63, 3.8) is 0 Å². The number of benzene rings is 2. The Hall–Kier alpha value is -2.47. The van der Waals surface area contributed by atoms with Gasteiger partial charge in [0, 0.05) is 17.4 Å². The molecule has 0 saturated carbocycles. The van der Waals surface area contributed by atoms with Crippen LogP contribution in [-0.2, 0) is 0 Å². The van der Waals surface area contributed by atoms with Crippen LogP contribution in [0.3, 0.4) is 0 Å². The summed E-state index contributed by atoms with van der Waals surface area (Å²) < 4.78 is 0. The predicted molar refractivity (Wildman–Crippen MR) is 78.8 cm³/mol. The molecule has 3 heteroatoms. The van der Waals surface area contributed by atoms with Gasteiger partial charge in [0.25, 0.3) is 0 Å². The molecule has 1 atom stereocenters. The van der Waals surface area contributed by atoms with E-state index in [4.69, 9.17) is 11.0 Å². The lowest BCUT2D eigenvalue weighted by Gasteiger charge is -2.16. The molecule has 0 fully saturated rings. The highest BCUT2D eigenvalue weighted by Crippen LogP contribution is 2.22. The molecule has 0 radical (unpaired) electrons. The maximum Gasteiger partial charge on any atom is 0.0994 e. The van der Waals surface area contributed by atoms with Crippen LogP contribution in [0.25, 0.3) is 0 Å². The summed E-state index contributed by atoms with van der Waals surface area (Å²) in [6.45, 7) is 4.03. The van der Waals surface area contributed by atoms with Gasteiger partial charge in [-0.15, -0.1) is 0 Å². The second kappa shape index (κ2) is 5.45. The van der Waals surface area contributed by atoms with E-state index in [2.05, 4.69) is 18.3 Å². The van der Waals surface area contributed by atoms with Crippen LogP contribution < -0.4 is 11.1 Å². The number of rotatable bonds is 3. The van der Waals surface area contributed by atoms with Gasteiger partial charge in [0.2, 0.25) is 0 Å². The third-order valence-corrected chi connectivity index (χ3v) is 3.14.